The highest BCUT2D eigenvalue weighted by atomic mass is 16.5. The van der Waals surface area contributed by atoms with E-state index in [-0.39, 0.29) is 18.0 Å². The number of morpholine rings is 1. The normalized spacial score (nSPS) is 21.0. The Kier molecular flexibility index (Phi) is 4.52. The lowest BCUT2D eigenvalue weighted by Crippen LogP contribution is -2.51. The van der Waals surface area contributed by atoms with E-state index in [9.17, 15) is 9.59 Å². The van der Waals surface area contributed by atoms with Crippen molar-refractivity contribution in [1.29, 1.82) is 0 Å². The number of hydrogen-bond donors (Lipinski definition) is 2. The van der Waals surface area contributed by atoms with Crippen LogP contribution in [-0.2, 0) is 9.53 Å². The van der Waals surface area contributed by atoms with Gasteiger partial charge in [-0.05, 0) is 43.4 Å². The van der Waals surface area contributed by atoms with Crippen LogP contribution in [0.3, 0.4) is 0 Å². The average molecular weight is 317 g/mol. The molecule has 1 saturated heterocycles. The van der Waals surface area contributed by atoms with E-state index in [1.54, 1.807) is 0 Å². The zero-order chi connectivity index (χ0) is 16.4. The van der Waals surface area contributed by atoms with E-state index in [4.69, 9.17) is 4.74 Å². The standard InChI is InChI=1S/C17H23N3O3/c1-11-14(18-12(2)21)4-3-5-15(11)19-17(22)20-8-9-23-10-16(20)13-6-7-13/h3-5,13,16H,6-10H2,1-2H3,(H,18,21)(H,19,22)/t16-/m0/s1. The fourth-order valence-corrected chi connectivity index (χ4v) is 3.03. The maximum absolute atomic E-state index is 12.7. The minimum absolute atomic E-state index is 0.0896. The van der Waals surface area contributed by atoms with E-state index in [0.29, 0.717) is 25.7 Å². The van der Waals surface area contributed by atoms with Crippen LogP contribution in [0.25, 0.3) is 0 Å². The molecule has 0 bridgehead atoms. The largest absolute Gasteiger partial charge is 0.377 e. The SMILES string of the molecule is CC(=O)Nc1cccc(NC(=O)N2CCOC[C@H]2C2CC2)c1C. The fraction of sp³-hybridized carbons (Fsp3) is 0.529. The third-order valence-electron chi connectivity index (χ3n) is 4.48. The van der Waals surface area contributed by atoms with E-state index in [2.05, 4.69) is 10.6 Å². The predicted octanol–water partition coefficient (Wildman–Crippen LogP) is 2.60. The number of hydrogen-bond acceptors (Lipinski definition) is 3. The Morgan fingerprint density at radius 2 is 1.91 bits per heavy atom. The van der Waals surface area contributed by atoms with Gasteiger partial charge in [0.1, 0.15) is 0 Å². The van der Waals surface area contributed by atoms with Crippen LogP contribution in [0.2, 0.25) is 0 Å². The van der Waals surface area contributed by atoms with Gasteiger partial charge in [0.15, 0.2) is 0 Å². The molecule has 1 saturated carbocycles. The van der Waals surface area contributed by atoms with Crippen molar-refractivity contribution in [1.82, 2.24) is 4.90 Å². The van der Waals surface area contributed by atoms with Gasteiger partial charge in [-0.1, -0.05) is 6.07 Å². The number of anilines is 2. The van der Waals surface area contributed by atoms with E-state index >= 15 is 0 Å². The van der Waals surface area contributed by atoms with Crippen molar-refractivity contribution in [3.8, 4) is 0 Å². The minimum Gasteiger partial charge on any atom is -0.377 e. The highest BCUT2D eigenvalue weighted by molar-refractivity contribution is 5.94. The quantitative estimate of drug-likeness (QED) is 0.900. The van der Waals surface area contributed by atoms with Crippen molar-refractivity contribution in [2.75, 3.05) is 30.4 Å². The molecule has 1 aromatic carbocycles. The third-order valence-corrected chi connectivity index (χ3v) is 4.48. The molecular formula is C17H23N3O3. The molecule has 6 nitrogen and oxygen atoms in total. The zero-order valence-electron chi connectivity index (χ0n) is 13.6. The van der Waals surface area contributed by atoms with Gasteiger partial charge < -0.3 is 20.3 Å². The van der Waals surface area contributed by atoms with Crippen molar-refractivity contribution in [2.45, 2.75) is 32.7 Å². The summed E-state index contributed by atoms with van der Waals surface area (Å²) >= 11 is 0. The molecule has 3 rings (SSSR count). The summed E-state index contributed by atoms with van der Waals surface area (Å²) in [7, 11) is 0. The zero-order valence-corrected chi connectivity index (χ0v) is 13.6. The number of ether oxygens (including phenoxy) is 1. The van der Waals surface area contributed by atoms with E-state index in [1.807, 2.05) is 30.0 Å². The van der Waals surface area contributed by atoms with E-state index in [1.165, 1.54) is 19.8 Å². The second-order valence-electron chi connectivity index (χ2n) is 6.26. The number of nitrogens with zero attached hydrogens (tertiary/aromatic N) is 1. The van der Waals surface area contributed by atoms with Gasteiger partial charge in [0.05, 0.1) is 19.3 Å². The lowest BCUT2D eigenvalue weighted by Gasteiger charge is -2.36. The second kappa shape index (κ2) is 6.58. The molecule has 2 N–H and O–H groups in total. The topological polar surface area (TPSA) is 70.7 Å². The lowest BCUT2D eigenvalue weighted by molar-refractivity contribution is -0.114. The summed E-state index contributed by atoms with van der Waals surface area (Å²) in [4.78, 5) is 25.8. The number of benzene rings is 1. The summed E-state index contributed by atoms with van der Waals surface area (Å²) in [5.41, 5.74) is 2.30. The van der Waals surface area contributed by atoms with Crippen LogP contribution in [0.1, 0.15) is 25.3 Å². The molecule has 1 aliphatic heterocycles. The molecule has 3 amide bonds. The van der Waals surface area contributed by atoms with Crippen molar-refractivity contribution in [2.24, 2.45) is 5.92 Å². The van der Waals surface area contributed by atoms with Gasteiger partial charge in [-0.2, -0.15) is 0 Å². The first-order valence-electron chi connectivity index (χ1n) is 8.09. The number of nitrogens with one attached hydrogen (secondary N) is 2. The number of urea groups is 1. The summed E-state index contributed by atoms with van der Waals surface area (Å²) < 4.78 is 5.53. The van der Waals surface area contributed by atoms with Crippen LogP contribution in [0.5, 0.6) is 0 Å². The summed E-state index contributed by atoms with van der Waals surface area (Å²) in [5.74, 6) is 0.450. The van der Waals surface area contributed by atoms with Gasteiger partial charge in [-0.3, -0.25) is 4.79 Å². The molecule has 0 radical (unpaired) electrons. The van der Waals surface area contributed by atoms with Gasteiger partial charge in [0, 0.05) is 24.8 Å². The Bertz CT molecular complexity index is 613. The fourth-order valence-electron chi connectivity index (χ4n) is 3.03. The molecule has 23 heavy (non-hydrogen) atoms. The van der Waals surface area contributed by atoms with Crippen molar-refractivity contribution in [3.05, 3.63) is 23.8 Å². The highest BCUT2D eigenvalue weighted by Gasteiger charge is 2.39. The van der Waals surface area contributed by atoms with Gasteiger partial charge >= 0.3 is 6.03 Å². The maximum Gasteiger partial charge on any atom is 0.322 e. The molecule has 6 heteroatoms. The monoisotopic (exact) mass is 317 g/mol. The molecule has 1 atom stereocenters. The third kappa shape index (κ3) is 3.64. The van der Waals surface area contributed by atoms with E-state index in [0.717, 1.165) is 16.9 Å². The average Bonchev–Trinajstić information content (AvgIpc) is 3.35. The smallest absolute Gasteiger partial charge is 0.322 e. The lowest BCUT2D eigenvalue weighted by atomic mass is 10.1. The molecule has 1 aromatic rings. The van der Waals surface area contributed by atoms with E-state index < -0.39 is 0 Å². The Morgan fingerprint density at radius 1 is 1.22 bits per heavy atom. The number of rotatable bonds is 3. The Labute approximate surface area is 136 Å². The molecule has 2 fully saturated rings. The second-order valence-corrected chi connectivity index (χ2v) is 6.26. The minimum atomic E-state index is -0.126. The summed E-state index contributed by atoms with van der Waals surface area (Å²) in [6.45, 7) is 5.19. The Morgan fingerprint density at radius 3 is 2.57 bits per heavy atom. The molecule has 1 heterocycles. The van der Waals surface area contributed by atoms with Crippen LogP contribution < -0.4 is 10.6 Å². The van der Waals surface area contributed by atoms with Crippen LogP contribution >= 0.6 is 0 Å². The van der Waals surface area contributed by atoms with Crippen LogP contribution in [0.4, 0.5) is 16.2 Å². The van der Waals surface area contributed by atoms with Gasteiger partial charge in [-0.25, -0.2) is 4.79 Å². The van der Waals surface area contributed by atoms with Crippen LogP contribution in [-0.4, -0.2) is 42.6 Å². The van der Waals surface area contributed by atoms with Gasteiger partial charge in [-0.15, -0.1) is 0 Å². The predicted molar refractivity (Wildman–Crippen MR) is 88.5 cm³/mol. The first kappa shape index (κ1) is 15.8. The first-order chi connectivity index (χ1) is 11.1. The molecule has 0 aromatic heterocycles. The van der Waals surface area contributed by atoms with Crippen molar-refractivity contribution >= 4 is 23.3 Å². The molecule has 124 valence electrons. The summed E-state index contributed by atoms with van der Waals surface area (Å²) in [6.07, 6.45) is 2.35. The Hall–Kier alpha value is -2.08. The number of carbonyl (C=O) groups is 2. The summed E-state index contributed by atoms with van der Waals surface area (Å²) in [5, 5.41) is 5.77. The first-order valence-corrected chi connectivity index (χ1v) is 8.09. The Balaban J connectivity index is 1.73. The number of carbonyl (C=O) groups excluding carboxylic acids is 2. The van der Waals surface area contributed by atoms with Crippen LogP contribution in [0.15, 0.2) is 18.2 Å². The summed E-state index contributed by atoms with van der Waals surface area (Å²) in [6, 6.07) is 5.60. The maximum atomic E-state index is 12.7. The van der Waals surface area contributed by atoms with Crippen molar-refractivity contribution in [3.63, 3.8) is 0 Å². The van der Waals surface area contributed by atoms with Crippen molar-refractivity contribution < 1.29 is 14.3 Å². The molecule has 1 aliphatic carbocycles. The highest BCUT2D eigenvalue weighted by Crippen LogP contribution is 2.36. The van der Waals surface area contributed by atoms with Gasteiger partial charge in [0.25, 0.3) is 0 Å². The molecule has 0 unspecified atom stereocenters. The molecule has 2 aliphatic rings. The van der Waals surface area contributed by atoms with Crippen LogP contribution in [0, 0.1) is 12.8 Å². The molecular weight excluding hydrogens is 294 g/mol. The number of amides is 3. The van der Waals surface area contributed by atoms with Gasteiger partial charge in [0.2, 0.25) is 5.91 Å². The molecule has 0 spiro atoms.